The maximum atomic E-state index is 12.3. The molecule has 3 aliphatic rings. The molecular weight excluding hydrogens is 326 g/mol. The molecule has 140 valence electrons. The first-order valence-electron chi connectivity index (χ1n) is 9.97. The van der Waals surface area contributed by atoms with Gasteiger partial charge in [-0.05, 0) is 37.2 Å². The Morgan fingerprint density at radius 1 is 1.19 bits per heavy atom. The fraction of sp³-hybridized carbons (Fsp3) is 0.619. The normalized spacial score (nSPS) is 26.9. The minimum absolute atomic E-state index is 0.131. The van der Waals surface area contributed by atoms with Crippen molar-refractivity contribution < 1.29 is 4.79 Å². The molecule has 2 saturated heterocycles. The van der Waals surface area contributed by atoms with Crippen LogP contribution in [0.2, 0.25) is 0 Å². The molecular formula is C21H29N3O2. The summed E-state index contributed by atoms with van der Waals surface area (Å²) in [7, 11) is 0. The first-order chi connectivity index (χ1) is 12.6. The van der Waals surface area contributed by atoms with Crippen molar-refractivity contribution in [1.82, 2.24) is 14.4 Å². The second kappa shape index (κ2) is 7.39. The van der Waals surface area contributed by atoms with E-state index < -0.39 is 0 Å². The van der Waals surface area contributed by atoms with Crippen molar-refractivity contribution in [2.45, 2.75) is 38.6 Å². The van der Waals surface area contributed by atoms with Crippen LogP contribution in [0.3, 0.4) is 0 Å². The lowest BCUT2D eigenvalue weighted by molar-refractivity contribution is -0.127. The van der Waals surface area contributed by atoms with Crippen molar-refractivity contribution in [2.75, 3.05) is 32.7 Å². The first-order valence-corrected chi connectivity index (χ1v) is 9.97. The number of carbonyl (C=O) groups is 1. The lowest BCUT2D eigenvalue weighted by atomic mass is 9.83. The van der Waals surface area contributed by atoms with Crippen LogP contribution in [-0.2, 0) is 11.3 Å². The van der Waals surface area contributed by atoms with Gasteiger partial charge >= 0.3 is 0 Å². The van der Waals surface area contributed by atoms with Crippen LogP contribution in [0, 0.1) is 11.8 Å². The number of hydrogen-bond donors (Lipinski definition) is 0. The van der Waals surface area contributed by atoms with Gasteiger partial charge in [-0.3, -0.25) is 14.5 Å². The van der Waals surface area contributed by atoms with Gasteiger partial charge in [0.2, 0.25) is 5.91 Å². The fourth-order valence-corrected chi connectivity index (χ4v) is 4.78. The predicted molar refractivity (Wildman–Crippen MR) is 102 cm³/mol. The second-order valence-electron chi connectivity index (χ2n) is 8.33. The molecule has 26 heavy (non-hydrogen) atoms. The molecule has 0 spiro atoms. The molecule has 1 aromatic rings. The van der Waals surface area contributed by atoms with Crippen molar-refractivity contribution in [3.05, 3.63) is 46.4 Å². The number of likely N-dealkylation sites (tertiary alicyclic amines) is 2. The van der Waals surface area contributed by atoms with E-state index in [4.69, 9.17) is 0 Å². The SMILES string of the molecule is CC1CCN(C(=O)C=CCN2CC3CC(C2)c2cccc(=O)n2C3)CC1. The molecule has 0 saturated carbocycles. The highest BCUT2D eigenvalue weighted by molar-refractivity contribution is 5.87. The second-order valence-corrected chi connectivity index (χ2v) is 8.33. The summed E-state index contributed by atoms with van der Waals surface area (Å²) in [5.74, 6) is 1.87. The van der Waals surface area contributed by atoms with E-state index in [2.05, 4.69) is 17.9 Å². The van der Waals surface area contributed by atoms with Crippen LogP contribution in [0.25, 0.3) is 0 Å². The molecule has 1 amide bonds. The van der Waals surface area contributed by atoms with E-state index in [-0.39, 0.29) is 11.5 Å². The van der Waals surface area contributed by atoms with Gasteiger partial charge in [0.1, 0.15) is 0 Å². The Balaban J connectivity index is 1.34. The third-order valence-electron chi connectivity index (χ3n) is 6.27. The topological polar surface area (TPSA) is 45.6 Å². The van der Waals surface area contributed by atoms with Gasteiger partial charge in [-0.15, -0.1) is 0 Å². The van der Waals surface area contributed by atoms with Crippen molar-refractivity contribution >= 4 is 5.91 Å². The van der Waals surface area contributed by atoms with Crippen LogP contribution >= 0.6 is 0 Å². The smallest absolute Gasteiger partial charge is 0.250 e. The van der Waals surface area contributed by atoms with Crippen LogP contribution in [0.5, 0.6) is 0 Å². The van der Waals surface area contributed by atoms with Crippen molar-refractivity contribution in [3.63, 3.8) is 0 Å². The Kier molecular flexibility index (Phi) is 4.98. The number of hydrogen-bond acceptors (Lipinski definition) is 3. The van der Waals surface area contributed by atoms with Gasteiger partial charge in [0.15, 0.2) is 0 Å². The molecule has 0 N–H and O–H groups in total. The van der Waals surface area contributed by atoms with E-state index in [1.165, 1.54) is 12.1 Å². The molecule has 2 fully saturated rings. The molecule has 1 aromatic heterocycles. The number of rotatable bonds is 3. The number of carbonyl (C=O) groups excluding carboxylic acids is 1. The summed E-state index contributed by atoms with van der Waals surface area (Å²) in [5.41, 5.74) is 1.31. The summed E-state index contributed by atoms with van der Waals surface area (Å²) in [4.78, 5) is 28.8. The molecule has 2 unspecified atom stereocenters. The number of fused-ring (bicyclic) bond motifs is 4. The summed E-state index contributed by atoms with van der Waals surface area (Å²) < 4.78 is 1.97. The number of pyridine rings is 1. The average Bonchev–Trinajstić information content (AvgIpc) is 2.63. The maximum Gasteiger partial charge on any atom is 0.250 e. The lowest BCUT2D eigenvalue weighted by Gasteiger charge is -2.42. The van der Waals surface area contributed by atoms with Gasteiger partial charge in [-0.25, -0.2) is 0 Å². The van der Waals surface area contributed by atoms with Gasteiger partial charge in [0, 0.05) is 63.0 Å². The molecule has 2 atom stereocenters. The molecule has 0 aromatic carbocycles. The predicted octanol–water partition coefficient (Wildman–Crippen LogP) is 2.08. The van der Waals surface area contributed by atoms with E-state index in [1.54, 1.807) is 12.1 Å². The van der Waals surface area contributed by atoms with Crippen molar-refractivity contribution in [1.29, 1.82) is 0 Å². The van der Waals surface area contributed by atoms with Gasteiger partial charge in [0.25, 0.3) is 5.56 Å². The Bertz CT molecular complexity index is 746. The largest absolute Gasteiger partial charge is 0.339 e. The Morgan fingerprint density at radius 2 is 2.00 bits per heavy atom. The number of amides is 1. The quantitative estimate of drug-likeness (QED) is 0.780. The van der Waals surface area contributed by atoms with E-state index in [0.29, 0.717) is 11.8 Å². The van der Waals surface area contributed by atoms with Crippen LogP contribution in [0.15, 0.2) is 35.1 Å². The maximum absolute atomic E-state index is 12.3. The van der Waals surface area contributed by atoms with E-state index >= 15 is 0 Å². The van der Waals surface area contributed by atoms with Crippen molar-refractivity contribution in [3.8, 4) is 0 Å². The summed E-state index contributed by atoms with van der Waals surface area (Å²) in [6.07, 6.45) is 7.20. The molecule has 0 radical (unpaired) electrons. The molecule has 5 heteroatoms. The molecule has 0 aliphatic carbocycles. The highest BCUT2D eigenvalue weighted by Crippen LogP contribution is 2.34. The van der Waals surface area contributed by atoms with Gasteiger partial charge in [-0.1, -0.05) is 19.1 Å². The van der Waals surface area contributed by atoms with Crippen LogP contribution < -0.4 is 5.56 Å². The number of nitrogens with zero attached hydrogens (tertiary/aromatic N) is 3. The number of aromatic nitrogens is 1. The van der Waals surface area contributed by atoms with Crippen LogP contribution in [-0.4, -0.2) is 53.0 Å². The summed E-state index contributed by atoms with van der Waals surface area (Å²) in [6, 6.07) is 5.64. The van der Waals surface area contributed by atoms with Crippen LogP contribution in [0.1, 0.15) is 37.8 Å². The third kappa shape index (κ3) is 3.63. The van der Waals surface area contributed by atoms with Gasteiger partial charge in [0.05, 0.1) is 0 Å². The zero-order valence-electron chi connectivity index (χ0n) is 15.6. The molecule has 2 bridgehead atoms. The van der Waals surface area contributed by atoms with Crippen molar-refractivity contribution in [2.24, 2.45) is 11.8 Å². The summed E-state index contributed by atoms with van der Waals surface area (Å²) in [5, 5.41) is 0. The van der Waals surface area contributed by atoms with E-state index in [0.717, 1.165) is 58.0 Å². The fourth-order valence-electron chi connectivity index (χ4n) is 4.78. The zero-order valence-corrected chi connectivity index (χ0v) is 15.6. The minimum Gasteiger partial charge on any atom is -0.339 e. The Morgan fingerprint density at radius 3 is 2.81 bits per heavy atom. The molecule has 3 aliphatic heterocycles. The standard InChI is InChI=1S/C21H29N3O2/c1-16-7-10-23(11-8-16)20(25)6-3-9-22-13-17-12-18(15-22)19-4-2-5-21(26)24(19)14-17/h2-6,16-18H,7-15H2,1H3. The highest BCUT2D eigenvalue weighted by atomic mass is 16.2. The summed E-state index contributed by atoms with van der Waals surface area (Å²) >= 11 is 0. The third-order valence-corrected chi connectivity index (χ3v) is 6.27. The van der Waals surface area contributed by atoms with Gasteiger partial charge < -0.3 is 9.47 Å². The molecule has 4 rings (SSSR count). The monoisotopic (exact) mass is 355 g/mol. The Labute approximate surface area is 155 Å². The first kappa shape index (κ1) is 17.5. The van der Waals surface area contributed by atoms with E-state index in [9.17, 15) is 9.59 Å². The summed E-state index contributed by atoms with van der Waals surface area (Å²) in [6.45, 7) is 7.68. The van der Waals surface area contributed by atoms with E-state index in [1.807, 2.05) is 21.6 Å². The van der Waals surface area contributed by atoms with Gasteiger partial charge in [-0.2, -0.15) is 0 Å². The zero-order chi connectivity index (χ0) is 18.1. The Hall–Kier alpha value is -1.88. The minimum atomic E-state index is 0.131. The van der Waals surface area contributed by atoms with Crippen LogP contribution in [0.4, 0.5) is 0 Å². The molecule has 4 heterocycles. The molecule has 5 nitrogen and oxygen atoms in total. The average molecular weight is 355 g/mol. The number of piperidine rings is 2. The lowest BCUT2D eigenvalue weighted by Crippen LogP contribution is -2.47. The highest BCUT2D eigenvalue weighted by Gasteiger charge is 2.33.